The number of hydrogen-bond donors (Lipinski definition) is 1. The molecular formula is C18H21FN2O3S. The Labute approximate surface area is 147 Å². The summed E-state index contributed by atoms with van der Waals surface area (Å²) >= 11 is 0. The average molecular weight is 364 g/mol. The van der Waals surface area contributed by atoms with E-state index in [2.05, 4.69) is 5.32 Å². The van der Waals surface area contributed by atoms with Gasteiger partial charge in [0.15, 0.2) is 0 Å². The molecule has 1 amide bonds. The molecule has 0 heterocycles. The maximum Gasteiger partial charge on any atom is 0.264 e. The zero-order valence-electron chi connectivity index (χ0n) is 14.2. The SMILES string of the molecule is CCCNC(=O)CN(c1ccccc1F)S(=O)(=O)c1ccc(C)cc1. The summed E-state index contributed by atoms with van der Waals surface area (Å²) in [5.74, 6) is -1.19. The van der Waals surface area contributed by atoms with Crippen molar-refractivity contribution in [2.24, 2.45) is 0 Å². The van der Waals surface area contributed by atoms with Crippen molar-refractivity contribution >= 4 is 21.6 Å². The standard InChI is InChI=1S/C18H21FN2O3S/c1-3-12-20-18(22)13-21(17-7-5-4-6-16(17)19)25(23,24)15-10-8-14(2)9-11-15/h4-11H,3,12-13H2,1-2H3,(H,20,22). The van der Waals surface area contributed by atoms with E-state index in [-0.39, 0.29) is 10.6 Å². The molecule has 0 aromatic heterocycles. The third-order valence-electron chi connectivity index (χ3n) is 3.59. The Balaban J connectivity index is 2.45. The van der Waals surface area contributed by atoms with Gasteiger partial charge < -0.3 is 5.32 Å². The van der Waals surface area contributed by atoms with Crippen LogP contribution in [-0.4, -0.2) is 27.4 Å². The Morgan fingerprint density at radius 1 is 1.12 bits per heavy atom. The van der Waals surface area contributed by atoms with Crippen LogP contribution in [0.25, 0.3) is 0 Å². The fraction of sp³-hybridized carbons (Fsp3) is 0.278. The van der Waals surface area contributed by atoms with Crippen LogP contribution in [0, 0.1) is 12.7 Å². The van der Waals surface area contributed by atoms with E-state index in [0.29, 0.717) is 6.54 Å². The highest BCUT2D eigenvalue weighted by Crippen LogP contribution is 2.26. The molecule has 2 rings (SSSR count). The fourth-order valence-corrected chi connectivity index (χ4v) is 3.67. The molecule has 0 radical (unpaired) electrons. The molecule has 2 aromatic rings. The molecule has 25 heavy (non-hydrogen) atoms. The molecule has 0 atom stereocenters. The molecule has 0 saturated heterocycles. The van der Waals surface area contributed by atoms with E-state index in [4.69, 9.17) is 0 Å². The number of para-hydroxylation sites is 1. The summed E-state index contributed by atoms with van der Waals surface area (Å²) in [6, 6.07) is 11.7. The van der Waals surface area contributed by atoms with Gasteiger partial charge in [0.2, 0.25) is 5.91 Å². The Kier molecular flexibility index (Phi) is 6.14. The molecule has 7 heteroatoms. The first-order chi connectivity index (χ1) is 11.9. The molecule has 0 spiro atoms. The van der Waals surface area contributed by atoms with Gasteiger partial charge in [0.25, 0.3) is 10.0 Å². The molecule has 5 nitrogen and oxygen atoms in total. The third kappa shape index (κ3) is 4.57. The molecule has 0 unspecified atom stereocenters. The van der Waals surface area contributed by atoms with E-state index >= 15 is 0 Å². The minimum Gasteiger partial charge on any atom is -0.355 e. The Bertz CT molecular complexity index is 836. The number of anilines is 1. The Hall–Kier alpha value is -2.41. The molecule has 0 fully saturated rings. The van der Waals surface area contributed by atoms with Gasteiger partial charge in [0, 0.05) is 6.54 Å². The molecule has 0 aliphatic rings. The molecular weight excluding hydrogens is 343 g/mol. The zero-order chi connectivity index (χ0) is 18.4. The summed E-state index contributed by atoms with van der Waals surface area (Å²) in [7, 11) is -4.08. The van der Waals surface area contributed by atoms with E-state index < -0.39 is 28.3 Å². The predicted octanol–water partition coefficient (Wildman–Crippen LogP) is 2.86. The smallest absolute Gasteiger partial charge is 0.264 e. The van der Waals surface area contributed by atoms with Crippen LogP contribution in [0.5, 0.6) is 0 Å². The van der Waals surface area contributed by atoms with Gasteiger partial charge in [-0.15, -0.1) is 0 Å². The van der Waals surface area contributed by atoms with Gasteiger partial charge in [-0.2, -0.15) is 0 Å². The number of nitrogens with one attached hydrogen (secondary N) is 1. The minimum atomic E-state index is -4.08. The van der Waals surface area contributed by atoms with Crippen LogP contribution in [-0.2, 0) is 14.8 Å². The van der Waals surface area contributed by atoms with Crippen LogP contribution in [0.15, 0.2) is 53.4 Å². The maximum absolute atomic E-state index is 14.2. The highest BCUT2D eigenvalue weighted by atomic mass is 32.2. The lowest BCUT2D eigenvalue weighted by Crippen LogP contribution is -2.41. The van der Waals surface area contributed by atoms with Crippen molar-refractivity contribution in [1.29, 1.82) is 0 Å². The number of aryl methyl sites for hydroxylation is 1. The number of benzene rings is 2. The second-order valence-corrected chi connectivity index (χ2v) is 7.49. The third-order valence-corrected chi connectivity index (χ3v) is 5.36. The lowest BCUT2D eigenvalue weighted by atomic mass is 10.2. The van der Waals surface area contributed by atoms with E-state index in [9.17, 15) is 17.6 Å². The molecule has 0 bridgehead atoms. The number of nitrogens with zero attached hydrogens (tertiary/aromatic N) is 1. The van der Waals surface area contributed by atoms with Crippen LogP contribution in [0.1, 0.15) is 18.9 Å². The van der Waals surface area contributed by atoms with E-state index in [0.717, 1.165) is 22.4 Å². The molecule has 0 aliphatic heterocycles. The van der Waals surface area contributed by atoms with Crippen molar-refractivity contribution in [1.82, 2.24) is 5.32 Å². The highest BCUT2D eigenvalue weighted by molar-refractivity contribution is 7.92. The molecule has 2 aromatic carbocycles. The van der Waals surface area contributed by atoms with Gasteiger partial charge in [-0.05, 0) is 37.6 Å². The Morgan fingerprint density at radius 3 is 2.36 bits per heavy atom. The van der Waals surface area contributed by atoms with Crippen LogP contribution in [0.4, 0.5) is 10.1 Å². The number of rotatable bonds is 7. The summed E-state index contributed by atoms with van der Waals surface area (Å²) in [4.78, 5) is 12.1. The summed E-state index contributed by atoms with van der Waals surface area (Å²) in [5, 5.41) is 2.62. The second kappa shape index (κ2) is 8.11. The van der Waals surface area contributed by atoms with Gasteiger partial charge >= 0.3 is 0 Å². The van der Waals surface area contributed by atoms with Gasteiger partial charge in [0.05, 0.1) is 10.6 Å². The minimum absolute atomic E-state index is 0.00430. The maximum atomic E-state index is 14.2. The van der Waals surface area contributed by atoms with Crippen molar-refractivity contribution in [3.05, 3.63) is 59.9 Å². The number of sulfonamides is 1. The van der Waals surface area contributed by atoms with E-state index in [1.807, 2.05) is 13.8 Å². The average Bonchev–Trinajstić information content (AvgIpc) is 2.59. The predicted molar refractivity (Wildman–Crippen MR) is 95.4 cm³/mol. The summed E-state index contributed by atoms with van der Waals surface area (Å²) in [5.41, 5.74) is 0.742. The number of amides is 1. The first-order valence-electron chi connectivity index (χ1n) is 7.97. The number of hydrogen-bond acceptors (Lipinski definition) is 3. The van der Waals surface area contributed by atoms with Gasteiger partial charge in [0.1, 0.15) is 12.4 Å². The monoisotopic (exact) mass is 364 g/mol. The second-order valence-electron chi connectivity index (χ2n) is 5.63. The van der Waals surface area contributed by atoms with Crippen LogP contribution in [0.3, 0.4) is 0 Å². The Morgan fingerprint density at radius 2 is 1.76 bits per heavy atom. The molecule has 0 saturated carbocycles. The van der Waals surface area contributed by atoms with E-state index in [1.165, 1.54) is 30.3 Å². The van der Waals surface area contributed by atoms with E-state index in [1.54, 1.807) is 12.1 Å². The van der Waals surface area contributed by atoms with Crippen LogP contribution in [0.2, 0.25) is 0 Å². The normalized spacial score (nSPS) is 11.2. The lowest BCUT2D eigenvalue weighted by molar-refractivity contribution is -0.119. The van der Waals surface area contributed by atoms with Crippen molar-refractivity contribution < 1.29 is 17.6 Å². The van der Waals surface area contributed by atoms with Crippen LogP contribution < -0.4 is 9.62 Å². The first kappa shape index (κ1) is 18.9. The quantitative estimate of drug-likeness (QED) is 0.821. The largest absolute Gasteiger partial charge is 0.355 e. The van der Waals surface area contributed by atoms with Gasteiger partial charge in [-0.1, -0.05) is 36.8 Å². The van der Waals surface area contributed by atoms with Gasteiger partial charge in [-0.3, -0.25) is 9.10 Å². The van der Waals surface area contributed by atoms with Crippen molar-refractivity contribution in [3.8, 4) is 0 Å². The summed E-state index contributed by atoms with van der Waals surface area (Å²) in [6.07, 6.45) is 0.718. The number of carbonyl (C=O) groups is 1. The summed E-state index contributed by atoms with van der Waals surface area (Å²) < 4.78 is 41.0. The zero-order valence-corrected chi connectivity index (χ0v) is 15.0. The summed E-state index contributed by atoms with van der Waals surface area (Å²) in [6.45, 7) is 3.66. The fourth-order valence-electron chi connectivity index (χ4n) is 2.24. The number of halogens is 1. The molecule has 0 aliphatic carbocycles. The molecule has 134 valence electrons. The topological polar surface area (TPSA) is 66.5 Å². The van der Waals surface area contributed by atoms with Crippen molar-refractivity contribution in [3.63, 3.8) is 0 Å². The van der Waals surface area contributed by atoms with Gasteiger partial charge in [-0.25, -0.2) is 12.8 Å². The first-order valence-corrected chi connectivity index (χ1v) is 9.41. The molecule has 1 N–H and O–H groups in total. The van der Waals surface area contributed by atoms with Crippen molar-refractivity contribution in [2.45, 2.75) is 25.2 Å². The lowest BCUT2D eigenvalue weighted by Gasteiger charge is -2.24. The van der Waals surface area contributed by atoms with Crippen molar-refractivity contribution in [2.75, 3.05) is 17.4 Å². The number of carbonyl (C=O) groups excluding carboxylic acids is 1. The van der Waals surface area contributed by atoms with Crippen LogP contribution >= 0.6 is 0 Å². The highest BCUT2D eigenvalue weighted by Gasteiger charge is 2.28.